The van der Waals surface area contributed by atoms with Gasteiger partial charge in [-0.3, -0.25) is 9.59 Å². The number of nitrogens with zero attached hydrogens (tertiary/aromatic N) is 1. The summed E-state index contributed by atoms with van der Waals surface area (Å²) in [7, 11) is 0. The molecule has 112 valence electrons. The van der Waals surface area contributed by atoms with Crippen molar-refractivity contribution < 1.29 is 9.59 Å². The molecule has 1 saturated heterocycles. The molecule has 0 aromatic heterocycles. The van der Waals surface area contributed by atoms with Crippen LogP contribution in [0.1, 0.15) is 25.7 Å². The molecule has 4 nitrogen and oxygen atoms in total. The molecule has 0 bridgehead atoms. The van der Waals surface area contributed by atoms with Crippen LogP contribution in [-0.4, -0.2) is 29.8 Å². The second-order valence-electron chi connectivity index (χ2n) is 5.66. The van der Waals surface area contributed by atoms with Crippen LogP contribution in [0.3, 0.4) is 0 Å². The second-order valence-corrected chi connectivity index (χ2v) is 6.50. The van der Waals surface area contributed by atoms with Gasteiger partial charge >= 0.3 is 0 Å². The largest absolute Gasteiger partial charge is 0.342 e. The first kappa shape index (κ1) is 14.7. The molecule has 6 heteroatoms. The highest BCUT2D eigenvalue weighted by Gasteiger charge is 2.58. The molecular formula is C15H16Cl2N2O2. The third-order valence-corrected chi connectivity index (χ3v) is 4.71. The Morgan fingerprint density at radius 1 is 1.14 bits per heavy atom. The Hall–Kier alpha value is -1.26. The molecule has 2 aliphatic rings. The summed E-state index contributed by atoms with van der Waals surface area (Å²) in [6, 6.07) is 4.88. The summed E-state index contributed by atoms with van der Waals surface area (Å²) in [5.74, 6) is -0.300. The standard InChI is InChI=1S/C15H16Cl2N2O2/c16-10-3-4-12(11(17)9-10)18-13(20)15(5-6-15)14(21)19-7-1-2-8-19/h3-4,9H,1-2,5-8H2,(H,18,20). The van der Waals surface area contributed by atoms with Crippen molar-refractivity contribution in [1.82, 2.24) is 4.90 Å². The predicted molar refractivity (Wildman–Crippen MR) is 82.6 cm³/mol. The number of amides is 2. The van der Waals surface area contributed by atoms with Crippen molar-refractivity contribution in [1.29, 1.82) is 0 Å². The lowest BCUT2D eigenvalue weighted by Crippen LogP contribution is -2.41. The van der Waals surface area contributed by atoms with E-state index in [0.717, 1.165) is 25.9 Å². The van der Waals surface area contributed by atoms with Crippen molar-refractivity contribution in [2.45, 2.75) is 25.7 Å². The Labute approximate surface area is 133 Å². The molecule has 1 aliphatic heterocycles. The van der Waals surface area contributed by atoms with E-state index in [0.29, 0.717) is 28.6 Å². The Balaban J connectivity index is 1.74. The van der Waals surface area contributed by atoms with Crippen molar-refractivity contribution in [3.8, 4) is 0 Å². The Morgan fingerprint density at radius 2 is 1.81 bits per heavy atom. The highest BCUT2D eigenvalue weighted by atomic mass is 35.5. The summed E-state index contributed by atoms with van der Waals surface area (Å²) >= 11 is 11.9. The number of hydrogen-bond donors (Lipinski definition) is 1. The maximum atomic E-state index is 12.5. The van der Waals surface area contributed by atoms with Crippen molar-refractivity contribution in [3.63, 3.8) is 0 Å². The van der Waals surface area contributed by atoms with Gasteiger partial charge in [0.1, 0.15) is 5.41 Å². The highest BCUT2D eigenvalue weighted by Crippen LogP contribution is 2.48. The first-order valence-corrected chi connectivity index (χ1v) is 7.84. The third kappa shape index (κ3) is 2.74. The fourth-order valence-electron chi connectivity index (χ4n) is 2.72. The van der Waals surface area contributed by atoms with Gasteiger partial charge in [0, 0.05) is 18.1 Å². The molecule has 21 heavy (non-hydrogen) atoms. The third-order valence-electron chi connectivity index (χ3n) is 4.17. The lowest BCUT2D eigenvalue weighted by atomic mass is 10.0. The number of carbonyl (C=O) groups is 2. The van der Waals surface area contributed by atoms with Crippen molar-refractivity contribution in [2.75, 3.05) is 18.4 Å². The van der Waals surface area contributed by atoms with Gasteiger partial charge in [0.25, 0.3) is 0 Å². The number of rotatable bonds is 3. The lowest BCUT2D eigenvalue weighted by Gasteiger charge is -2.22. The number of benzene rings is 1. The maximum Gasteiger partial charge on any atom is 0.240 e. The molecule has 3 rings (SSSR count). The molecule has 1 saturated carbocycles. The molecule has 1 heterocycles. The summed E-state index contributed by atoms with van der Waals surface area (Å²) in [6.45, 7) is 1.52. The first-order chi connectivity index (χ1) is 10.0. The van der Waals surface area contributed by atoms with Gasteiger partial charge in [0.15, 0.2) is 0 Å². The van der Waals surface area contributed by atoms with E-state index in [9.17, 15) is 9.59 Å². The minimum Gasteiger partial charge on any atom is -0.342 e. The topological polar surface area (TPSA) is 49.4 Å². The number of hydrogen-bond acceptors (Lipinski definition) is 2. The highest BCUT2D eigenvalue weighted by molar-refractivity contribution is 6.36. The number of halogens is 2. The molecule has 1 N–H and O–H groups in total. The van der Waals surface area contributed by atoms with Gasteiger partial charge in [-0.1, -0.05) is 23.2 Å². The summed E-state index contributed by atoms with van der Waals surface area (Å²) in [6.07, 6.45) is 3.26. The number of anilines is 1. The Kier molecular flexibility index (Phi) is 3.84. The summed E-state index contributed by atoms with van der Waals surface area (Å²) in [4.78, 5) is 26.8. The number of carbonyl (C=O) groups excluding carboxylic acids is 2. The molecule has 1 aromatic rings. The smallest absolute Gasteiger partial charge is 0.240 e. The maximum absolute atomic E-state index is 12.5. The quantitative estimate of drug-likeness (QED) is 0.866. The molecular weight excluding hydrogens is 311 g/mol. The van der Waals surface area contributed by atoms with Crippen LogP contribution in [0.25, 0.3) is 0 Å². The van der Waals surface area contributed by atoms with Gasteiger partial charge in [-0.2, -0.15) is 0 Å². The molecule has 1 aliphatic carbocycles. The van der Waals surface area contributed by atoms with E-state index in [-0.39, 0.29) is 11.8 Å². The Bertz CT molecular complexity index is 593. The van der Waals surface area contributed by atoms with Crippen LogP contribution in [0.5, 0.6) is 0 Å². The summed E-state index contributed by atoms with van der Waals surface area (Å²) in [5.41, 5.74) is -0.389. The molecule has 0 atom stereocenters. The van der Waals surface area contributed by atoms with Crippen LogP contribution in [0, 0.1) is 5.41 Å². The zero-order chi connectivity index (χ0) is 15.0. The van der Waals surface area contributed by atoms with Crippen LogP contribution in [0.4, 0.5) is 5.69 Å². The fraction of sp³-hybridized carbons (Fsp3) is 0.467. The van der Waals surface area contributed by atoms with Gasteiger partial charge in [-0.15, -0.1) is 0 Å². The van der Waals surface area contributed by atoms with E-state index < -0.39 is 5.41 Å². The summed E-state index contributed by atoms with van der Waals surface area (Å²) < 4.78 is 0. The van der Waals surface area contributed by atoms with Gasteiger partial charge in [0.05, 0.1) is 10.7 Å². The van der Waals surface area contributed by atoms with E-state index in [1.165, 1.54) is 0 Å². The van der Waals surface area contributed by atoms with E-state index in [1.54, 1.807) is 23.1 Å². The Morgan fingerprint density at radius 3 is 2.38 bits per heavy atom. The summed E-state index contributed by atoms with van der Waals surface area (Å²) in [5, 5.41) is 3.65. The molecule has 0 spiro atoms. The average Bonchev–Trinajstić information content (AvgIpc) is 3.08. The van der Waals surface area contributed by atoms with Gasteiger partial charge in [-0.05, 0) is 43.9 Å². The monoisotopic (exact) mass is 326 g/mol. The van der Waals surface area contributed by atoms with E-state index in [1.807, 2.05) is 0 Å². The normalized spacial score (nSPS) is 19.4. The number of nitrogens with one attached hydrogen (secondary N) is 1. The van der Waals surface area contributed by atoms with Crippen LogP contribution in [-0.2, 0) is 9.59 Å². The first-order valence-electron chi connectivity index (χ1n) is 7.09. The second kappa shape index (κ2) is 5.50. The molecule has 2 amide bonds. The lowest BCUT2D eigenvalue weighted by molar-refractivity contribution is -0.141. The minimum absolute atomic E-state index is 0.0393. The van der Waals surface area contributed by atoms with Crippen LogP contribution >= 0.6 is 23.2 Å². The van der Waals surface area contributed by atoms with Crippen LogP contribution in [0.15, 0.2) is 18.2 Å². The number of likely N-dealkylation sites (tertiary alicyclic amines) is 1. The fourth-order valence-corrected chi connectivity index (χ4v) is 3.17. The van der Waals surface area contributed by atoms with Crippen LogP contribution in [0.2, 0.25) is 10.0 Å². The molecule has 1 aromatic carbocycles. The minimum atomic E-state index is -0.882. The van der Waals surface area contributed by atoms with Crippen molar-refractivity contribution in [3.05, 3.63) is 28.2 Å². The predicted octanol–water partition coefficient (Wildman–Crippen LogP) is 3.33. The average molecular weight is 327 g/mol. The molecule has 0 radical (unpaired) electrons. The van der Waals surface area contributed by atoms with Gasteiger partial charge in [-0.25, -0.2) is 0 Å². The molecule has 2 fully saturated rings. The van der Waals surface area contributed by atoms with E-state index in [2.05, 4.69) is 5.32 Å². The van der Waals surface area contributed by atoms with Crippen molar-refractivity contribution in [2.24, 2.45) is 5.41 Å². The van der Waals surface area contributed by atoms with Gasteiger partial charge in [0.2, 0.25) is 11.8 Å². The zero-order valence-corrected chi connectivity index (χ0v) is 13.0. The van der Waals surface area contributed by atoms with Crippen LogP contribution < -0.4 is 5.32 Å². The zero-order valence-electron chi connectivity index (χ0n) is 11.5. The SMILES string of the molecule is O=C(Nc1ccc(Cl)cc1Cl)C1(C(=O)N2CCCC2)CC1. The molecule has 0 unspecified atom stereocenters. The van der Waals surface area contributed by atoms with Gasteiger partial charge < -0.3 is 10.2 Å². The van der Waals surface area contributed by atoms with E-state index >= 15 is 0 Å². The van der Waals surface area contributed by atoms with Crippen molar-refractivity contribution >= 4 is 40.7 Å². The van der Waals surface area contributed by atoms with E-state index in [4.69, 9.17) is 23.2 Å².